The van der Waals surface area contributed by atoms with E-state index in [2.05, 4.69) is 11.9 Å². The van der Waals surface area contributed by atoms with Crippen molar-refractivity contribution in [1.29, 1.82) is 0 Å². The number of rotatable bonds is 1. The summed E-state index contributed by atoms with van der Waals surface area (Å²) in [6.45, 7) is 6.19. The molecule has 47 valence electrons. The van der Waals surface area contributed by atoms with E-state index in [1.54, 1.807) is 0 Å². The Morgan fingerprint density at radius 1 is 1.62 bits per heavy atom. The van der Waals surface area contributed by atoms with Crippen LogP contribution in [0.1, 0.15) is 6.92 Å². The zero-order valence-electron chi connectivity index (χ0n) is 5.81. The fourth-order valence-electron chi connectivity index (χ4n) is 0.303. The second-order valence-corrected chi connectivity index (χ2v) is 1.82. The SMILES string of the molecule is [CH2]CN=C(C)N(C)C. The second-order valence-electron chi connectivity index (χ2n) is 1.82. The molecule has 0 aromatic heterocycles. The molecule has 0 aliphatic heterocycles. The Bertz CT molecular complexity index is 84.5. The molecule has 0 aliphatic rings. The molecule has 0 fully saturated rings. The number of aliphatic imine (C=N–C) groups is 1. The van der Waals surface area contributed by atoms with Crippen molar-refractivity contribution in [3.8, 4) is 0 Å². The topological polar surface area (TPSA) is 15.6 Å². The first-order chi connectivity index (χ1) is 3.68. The molecule has 1 radical (unpaired) electrons. The van der Waals surface area contributed by atoms with Crippen molar-refractivity contribution in [3.05, 3.63) is 6.92 Å². The normalized spacial score (nSPS) is 11.8. The van der Waals surface area contributed by atoms with Crippen molar-refractivity contribution in [2.75, 3.05) is 20.6 Å². The van der Waals surface area contributed by atoms with Gasteiger partial charge in [-0.25, -0.2) is 0 Å². The number of amidine groups is 1. The maximum absolute atomic E-state index is 4.06. The Morgan fingerprint density at radius 3 is 2.25 bits per heavy atom. The van der Waals surface area contributed by atoms with Gasteiger partial charge in [-0.3, -0.25) is 4.99 Å². The van der Waals surface area contributed by atoms with Gasteiger partial charge in [0.05, 0.1) is 5.84 Å². The van der Waals surface area contributed by atoms with E-state index < -0.39 is 0 Å². The first-order valence-corrected chi connectivity index (χ1v) is 2.66. The third-order valence-corrected chi connectivity index (χ3v) is 0.988. The molecular weight excluding hydrogens is 100 g/mol. The Morgan fingerprint density at radius 2 is 2.12 bits per heavy atom. The van der Waals surface area contributed by atoms with Crippen molar-refractivity contribution in [2.45, 2.75) is 6.92 Å². The van der Waals surface area contributed by atoms with Gasteiger partial charge in [0.1, 0.15) is 0 Å². The molecule has 0 aromatic rings. The molecule has 0 N–H and O–H groups in total. The average molecular weight is 113 g/mol. The van der Waals surface area contributed by atoms with Gasteiger partial charge in [0.15, 0.2) is 0 Å². The lowest BCUT2D eigenvalue weighted by Crippen LogP contribution is -2.18. The van der Waals surface area contributed by atoms with Gasteiger partial charge in [-0.2, -0.15) is 0 Å². The van der Waals surface area contributed by atoms with E-state index in [-0.39, 0.29) is 0 Å². The molecule has 0 saturated heterocycles. The van der Waals surface area contributed by atoms with Crippen LogP contribution in [0.4, 0.5) is 0 Å². The lowest BCUT2D eigenvalue weighted by molar-refractivity contribution is 0.615. The molecule has 0 aromatic carbocycles. The van der Waals surface area contributed by atoms with Crippen LogP contribution < -0.4 is 0 Å². The summed E-state index contributed by atoms with van der Waals surface area (Å²) in [6.07, 6.45) is 0. The molecule has 0 rings (SSSR count). The Balaban J connectivity index is 3.61. The molecule has 2 heteroatoms. The molecule has 0 amide bonds. The van der Waals surface area contributed by atoms with Crippen LogP contribution in [-0.4, -0.2) is 31.4 Å². The zero-order chi connectivity index (χ0) is 6.57. The number of hydrogen-bond acceptors (Lipinski definition) is 1. The van der Waals surface area contributed by atoms with E-state index in [1.165, 1.54) is 0 Å². The summed E-state index contributed by atoms with van der Waals surface area (Å²) in [4.78, 5) is 6.02. The highest BCUT2D eigenvalue weighted by molar-refractivity contribution is 5.79. The van der Waals surface area contributed by atoms with Gasteiger partial charge in [0.25, 0.3) is 0 Å². The summed E-state index contributed by atoms with van der Waals surface area (Å²) in [7, 11) is 3.93. The minimum Gasteiger partial charge on any atom is -0.367 e. The van der Waals surface area contributed by atoms with Crippen LogP contribution in [0, 0.1) is 6.92 Å². The molecule has 8 heavy (non-hydrogen) atoms. The van der Waals surface area contributed by atoms with Gasteiger partial charge < -0.3 is 4.90 Å². The van der Waals surface area contributed by atoms with Crippen molar-refractivity contribution in [1.82, 2.24) is 4.90 Å². The Labute approximate surface area is 51.2 Å². The van der Waals surface area contributed by atoms with Gasteiger partial charge in [-0.15, -0.1) is 0 Å². The number of hydrogen-bond donors (Lipinski definition) is 0. The first kappa shape index (κ1) is 7.47. The molecule has 0 aliphatic carbocycles. The van der Waals surface area contributed by atoms with Gasteiger partial charge in [-0.1, -0.05) is 0 Å². The van der Waals surface area contributed by atoms with Gasteiger partial charge >= 0.3 is 0 Å². The number of nitrogens with zero attached hydrogens (tertiary/aromatic N) is 2. The van der Waals surface area contributed by atoms with Crippen molar-refractivity contribution >= 4 is 5.84 Å². The third kappa shape index (κ3) is 2.61. The lowest BCUT2D eigenvalue weighted by Gasteiger charge is -2.09. The van der Waals surface area contributed by atoms with Crippen molar-refractivity contribution in [2.24, 2.45) is 4.99 Å². The predicted octanol–water partition coefficient (Wildman–Crippen LogP) is 0.800. The minimum atomic E-state index is 0.629. The summed E-state index contributed by atoms with van der Waals surface area (Å²) in [5.41, 5.74) is 0. The smallest absolute Gasteiger partial charge is 0.0952 e. The molecular formula is C6H13N2. The summed E-state index contributed by atoms with van der Waals surface area (Å²) in [5.74, 6) is 1.03. The maximum atomic E-state index is 4.06. The summed E-state index contributed by atoms with van der Waals surface area (Å²) in [5, 5.41) is 0. The van der Waals surface area contributed by atoms with Crippen LogP contribution in [-0.2, 0) is 0 Å². The largest absolute Gasteiger partial charge is 0.367 e. The van der Waals surface area contributed by atoms with Crippen LogP contribution in [0.2, 0.25) is 0 Å². The predicted molar refractivity (Wildman–Crippen MR) is 37.0 cm³/mol. The average Bonchev–Trinajstić information content (AvgIpc) is 1.67. The van der Waals surface area contributed by atoms with E-state index in [4.69, 9.17) is 0 Å². The summed E-state index contributed by atoms with van der Waals surface area (Å²) in [6, 6.07) is 0. The summed E-state index contributed by atoms with van der Waals surface area (Å²) < 4.78 is 0. The van der Waals surface area contributed by atoms with Gasteiger partial charge in [0.2, 0.25) is 0 Å². The zero-order valence-corrected chi connectivity index (χ0v) is 5.81. The molecule has 0 atom stereocenters. The van der Waals surface area contributed by atoms with Crippen LogP contribution in [0.15, 0.2) is 4.99 Å². The highest BCUT2D eigenvalue weighted by Gasteiger charge is 1.87. The fraction of sp³-hybridized carbons (Fsp3) is 0.667. The molecule has 0 spiro atoms. The molecule has 2 nitrogen and oxygen atoms in total. The van der Waals surface area contributed by atoms with Crippen LogP contribution >= 0.6 is 0 Å². The van der Waals surface area contributed by atoms with Crippen LogP contribution in [0.5, 0.6) is 0 Å². The fourth-order valence-corrected chi connectivity index (χ4v) is 0.303. The van der Waals surface area contributed by atoms with E-state index in [1.807, 2.05) is 25.9 Å². The van der Waals surface area contributed by atoms with E-state index in [9.17, 15) is 0 Å². The van der Waals surface area contributed by atoms with Crippen molar-refractivity contribution in [3.63, 3.8) is 0 Å². The first-order valence-electron chi connectivity index (χ1n) is 2.66. The highest BCUT2D eigenvalue weighted by Crippen LogP contribution is 1.79. The monoisotopic (exact) mass is 113 g/mol. The molecule has 0 heterocycles. The molecule has 0 bridgehead atoms. The van der Waals surface area contributed by atoms with Crippen molar-refractivity contribution < 1.29 is 0 Å². The standard InChI is InChI=1S/C6H13N2/c1-5-7-6(2)8(3)4/h1,5H2,2-4H3. The van der Waals surface area contributed by atoms with E-state index in [0.29, 0.717) is 6.54 Å². The molecule has 0 saturated carbocycles. The van der Waals surface area contributed by atoms with Crippen LogP contribution in [0.3, 0.4) is 0 Å². The van der Waals surface area contributed by atoms with Gasteiger partial charge in [-0.05, 0) is 13.8 Å². The third-order valence-electron chi connectivity index (χ3n) is 0.988. The maximum Gasteiger partial charge on any atom is 0.0952 e. The molecule has 0 unspecified atom stereocenters. The summed E-state index contributed by atoms with van der Waals surface area (Å²) >= 11 is 0. The minimum absolute atomic E-state index is 0.629. The van der Waals surface area contributed by atoms with Gasteiger partial charge in [0, 0.05) is 20.6 Å². The Hall–Kier alpha value is -0.530. The quantitative estimate of drug-likeness (QED) is 0.363. The van der Waals surface area contributed by atoms with Crippen LogP contribution in [0.25, 0.3) is 0 Å². The second kappa shape index (κ2) is 3.47. The van der Waals surface area contributed by atoms with E-state index >= 15 is 0 Å². The van der Waals surface area contributed by atoms with E-state index in [0.717, 1.165) is 5.84 Å². The lowest BCUT2D eigenvalue weighted by atomic mass is 10.6. The highest BCUT2D eigenvalue weighted by atomic mass is 15.1. The Kier molecular flexibility index (Phi) is 3.24.